The van der Waals surface area contributed by atoms with Crippen LogP contribution in [-0.4, -0.2) is 52.2 Å². The van der Waals surface area contributed by atoms with Gasteiger partial charge >= 0.3 is 0 Å². The maximum atomic E-state index is 12.9. The van der Waals surface area contributed by atoms with E-state index in [9.17, 15) is 4.79 Å². The molecule has 1 fully saturated rings. The van der Waals surface area contributed by atoms with Gasteiger partial charge in [0.25, 0.3) is 5.91 Å². The molecule has 166 valence electrons. The molecule has 32 heavy (non-hydrogen) atoms. The van der Waals surface area contributed by atoms with E-state index in [2.05, 4.69) is 63.7 Å². The molecule has 5 rings (SSSR count). The molecule has 1 aromatic heterocycles. The van der Waals surface area contributed by atoms with E-state index in [0.717, 1.165) is 57.8 Å². The molecule has 6 nitrogen and oxygen atoms in total. The molecule has 3 aromatic rings. The molecule has 0 saturated carbocycles. The Balaban J connectivity index is 1.20. The molecule has 2 aliphatic rings. The van der Waals surface area contributed by atoms with Crippen molar-refractivity contribution in [1.82, 2.24) is 19.6 Å². The van der Waals surface area contributed by atoms with Crippen LogP contribution in [-0.2, 0) is 19.5 Å². The molecule has 1 N–H and O–H groups in total. The summed E-state index contributed by atoms with van der Waals surface area (Å²) in [5, 5.41) is 7.55. The first kappa shape index (κ1) is 20.9. The van der Waals surface area contributed by atoms with Crippen molar-refractivity contribution in [2.45, 2.75) is 38.4 Å². The Morgan fingerprint density at radius 1 is 1.00 bits per heavy atom. The van der Waals surface area contributed by atoms with E-state index in [4.69, 9.17) is 0 Å². The van der Waals surface area contributed by atoms with Gasteiger partial charge < -0.3 is 10.2 Å². The SMILES string of the molecule is CN1CCC(n2nccc2NC(=O)c2ccc(CN3CCc4ccccc4C3)cc2)CC1. The van der Waals surface area contributed by atoms with Crippen molar-refractivity contribution in [2.75, 3.05) is 32.0 Å². The van der Waals surface area contributed by atoms with Gasteiger partial charge in [0.1, 0.15) is 5.82 Å². The number of nitrogens with one attached hydrogen (secondary N) is 1. The van der Waals surface area contributed by atoms with Crippen LogP contribution >= 0.6 is 0 Å². The van der Waals surface area contributed by atoms with Crippen LogP contribution in [0.15, 0.2) is 60.8 Å². The highest BCUT2D eigenvalue weighted by molar-refractivity contribution is 6.03. The molecule has 0 unspecified atom stereocenters. The highest BCUT2D eigenvalue weighted by Gasteiger charge is 2.22. The number of fused-ring (bicyclic) bond motifs is 1. The fourth-order valence-corrected chi connectivity index (χ4v) is 4.84. The van der Waals surface area contributed by atoms with E-state index in [1.165, 1.54) is 16.7 Å². The number of benzene rings is 2. The molecule has 0 aliphatic carbocycles. The van der Waals surface area contributed by atoms with Crippen LogP contribution in [0.2, 0.25) is 0 Å². The summed E-state index contributed by atoms with van der Waals surface area (Å²) in [5.74, 6) is 0.693. The minimum absolute atomic E-state index is 0.0851. The maximum absolute atomic E-state index is 12.9. The third-order valence-corrected chi connectivity index (χ3v) is 6.78. The number of aromatic nitrogens is 2. The molecule has 0 bridgehead atoms. The van der Waals surface area contributed by atoms with Crippen molar-refractivity contribution in [3.05, 3.63) is 83.0 Å². The summed E-state index contributed by atoms with van der Waals surface area (Å²) in [6.45, 7) is 5.07. The third kappa shape index (κ3) is 4.61. The highest BCUT2D eigenvalue weighted by Crippen LogP contribution is 2.25. The lowest BCUT2D eigenvalue weighted by molar-refractivity contribution is 0.102. The zero-order valence-electron chi connectivity index (χ0n) is 18.7. The van der Waals surface area contributed by atoms with Crippen molar-refractivity contribution in [2.24, 2.45) is 0 Å². The van der Waals surface area contributed by atoms with Crippen molar-refractivity contribution >= 4 is 11.7 Å². The fraction of sp³-hybridized carbons (Fsp3) is 0.385. The van der Waals surface area contributed by atoms with E-state index >= 15 is 0 Å². The van der Waals surface area contributed by atoms with E-state index in [1.54, 1.807) is 6.20 Å². The fourth-order valence-electron chi connectivity index (χ4n) is 4.84. The second-order valence-corrected chi connectivity index (χ2v) is 9.08. The molecule has 3 heterocycles. The summed E-state index contributed by atoms with van der Waals surface area (Å²) in [5.41, 5.74) is 4.80. The smallest absolute Gasteiger partial charge is 0.256 e. The monoisotopic (exact) mass is 429 g/mol. The van der Waals surface area contributed by atoms with E-state index in [-0.39, 0.29) is 5.91 Å². The Bertz CT molecular complexity index is 1070. The van der Waals surface area contributed by atoms with Gasteiger partial charge in [0, 0.05) is 31.3 Å². The molecule has 1 saturated heterocycles. The van der Waals surface area contributed by atoms with Crippen molar-refractivity contribution in [1.29, 1.82) is 0 Å². The number of piperidine rings is 1. The van der Waals surface area contributed by atoms with Gasteiger partial charge in [-0.25, -0.2) is 4.68 Å². The molecule has 0 radical (unpaired) electrons. The lowest BCUT2D eigenvalue weighted by Gasteiger charge is -2.30. The third-order valence-electron chi connectivity index (χ3n) is 6.78. The highest BCUT2D eigenvalue weighted by atomic mass is 16.1. The Morgan fingerprint density at radius 3 is 2.53 bits per heavy atom. The molecular weight excluding hydrogens is 398 g/mol. The Labute approximate surface area is 189 Å². The van der Waals surface area contributed by atoms with Crippen LogP contribution in [0.1, 0.15) is 45.9 Å². The molecule has 1 amide bonds. The zero-order valence-corrected chi connectivity index (χ0v) is 18.7. The van der Waals surface area contributed by atoms with Gasteiger partial charge in [-0.2, -0.15) is 5.10 Å². The van der Waals surface area contributed by atoms with Gasteiger partial charge in [0.05, 0.1) is 12.2 Å². The quantitative estimate of drug-likeness (QED) is 0.667. The number of hydrogen-bond acceptors (Lipinski definition) is 4. The van der Waals surface area contributed by atoms with E-state index in [1.807, 2.05) is 22.9 Å². The van der Waals surface area contributed by atoms with E-state index in [0.29, 0.717) is 11.6 Å². The van der Waals surface area contributed by atoms with Crippen LogP contribution in [0.25, 0.3) is 0 Å². The predicted octanol–water partition coefficient (Wildman–Crippen LogP) is 3.96. The molecule has 2 aromatic carbocycles. The molecule has 2 aliphatic heterocycles. The van der Waals surface area contributed by atoms with Crippen molar-refractivity contribution in [3.8, 4) is 0 Å². The first-order valence-electron chi connectivity index (χ1n) is 11.6. The summed E-state index contributed by atoms with van der Waals surface area (Å²) in [7, 11) is 2.15. The number of carbonyl (C=O) groups is 1. The number of hydrogen-bond donors (Lipinski definition) is 1. The molecular formula is C26H31N5O. The Hall–Kier alpha value is -2.96. The second-order valence-electron chi connectivity index (χ2n) is 9.08. The standard InChI is InChI=1S/C26H31N5O/c1-29-15-12-24(13-16-29)31-25(10-14-27-31)28-26(32)22-8-6-20(7-9-22)18-30-17-11-21-4-2-3-5-23(21)19-30/h2-10,14,24H,11-13,15-19H2,1H3,(H,28,32). The zero-order chi connectivity index (χ0) is 21.9. The van der Waals surface area contributed by atoms with Gasteiger partial charge in [-0.05, 0) is 68.2 Å². The largest absolute Gasteiger partial charge is 0.307 e. The molecule has 6 heteroatoms. The molecule has 0 spiro atoms. The van der Waals surface area contributed by atoms with Crippen molar-refractivity contribution in [3.63, 3.8) is 0 Å². The van der Waals surface area contributed by atoms with Crippen molar-refractivity contribution < 1.29 is 4.79 Å². The van der Waals surface area contributed by atoms with Gasteiger partial charge in [0.2, 0.25) is 0 Å². The number of nitrogens with zero attached hydrogens (tertiary/aromatic N) is 4. The lowest BCUT2D eigenvalue weighted by atomic mass is 9.99. The van der Waals surface area contributed by atoms with Gasteiger partial charge in [-0.15, -0.1) is 0 Å². The number of carbonyl (C=O) groups excluding carboxylic acids is 1. The van der Waals surface area contributed by atoms with E-state index < -0.39 is 0 Å². The first-order valence-corrected chi connectivity index (χ1v) is 11.6. The number of rotatable bonds is 5. The molecule has 0 atom stereocenters. The maximum Gasteiger partial charge on any atom is 0.256 e. The second kappa shape index (κ2) is 9.27. The average Bonchev–Trinajstić information content (AvgIpc) is 3.28. The average molecular weight is 430 g/mol. The lowest BCUT2D eigenvalue weighted by Crippen LogP contribution is -2.32. The first-order chi connectivity index (χ1) is 15.7. The van der Waals surface area contributed by atoms with Gasteiger partial charge in [-0.3, -0.25) is 9.69 Å². The number of amides is 1. The Kier molecular flexibility index (Phi) is 6.06. The Morgan fingerprint density at radius 2 is 1.75 bits per heavy atom. The summed E-state index contributed by atoms with van der Waals surface area (Å²) < 4.78 is 1.98. The van der Waals surface area contributed by atoms with Crippen LogP contribution in [0.4, 0.5) is 5.82 Å². The van der Waals surface area contributed by atoms with Crippen LogP contribution in [0.5, 0.6) is 0 Å². The summed E-state index contributed by atoms with van der Waals surface area (Å²) in [6, 6.07) is 18.9. The normalized spacial score (nSPS) is 17.8. The van der Waals surface area contributed by atoms with Crippen LogP contribution < -0.4 is 5.32 Å². The minimum Gasteiger partial charge on any atom is -0.307 e. The topological polar surface area (TPSA) is 53.4 Å². The number of likely N-dealkylation sites (tertiary alicyclic amines) is 1. The van der Waals surface area contributed by atoms with Crippen LogP contribution in [0, 0.1) is 0 Å². The van der Waals surface area contributed by atoms with Gasteiger partial charge in [-0.1, -0.05) is 36.4 Å². The van der Waals surface area contributed by atoms with Crippen LogP contribution in [0.3, 0.4) is 0 Å². The van der Waals surface area contributed by atoms with Gasteiger partial charge in [0.15, 0.2) is 0 Å². The minimum atomic E-state index is -0.0851. The summed E-state index contributed by atoms with van der Waals surface area (Å²) in [6.07, 6.45) is 4.98. The summed E-state index contributed by atoms with van der Waals surface area (Å²) in [4.78, 5) is 17.7. The number of anilines is 1. The predicted molar refractivity (Wildman–Crippen MR) is 127 cm³/mol. The summed E-state index contributed by atoms with van der Waals surface area (Å²) >= 11 is 0.